The summed E-state index contributed by atoms with van der Waals surface area (Å²) in [6, 6.07) is 11.5. The van der Waals surface area contributed by atoms with Crippen LogP contribution in [0.4, 0.5) is 4.79 Å². The third kappa shape index (κ3) is 10.1. The van der Waals surface area contributed by atoms with E-state index in [1.54, 1.807) is 72.2 Å². The van der Waals surface area contributed by atoms with Gasteiger partial charge in [-0.25, -0.2) is 23.5 Å². The third-order valence-corrected chi connectivity index (χ3v) is 13.4. The Labute approximate surface area is 289 Å². The summed E-state index contributed by atoms with van der Waals surface area (Å²) >= 11 is 9.18. The van der Waals surface area contributed by atoms with Crippen LogP contribution in [0.25, 0.3) is 28.2 Å². The maximum absolute atomic E-state index is 12.4. The molecule has 6 rings (SSSR count). The summed E-state index contributed by atoms with van der Waals surface area (Å²) in [6.45, 7) is 4.83. The number of nitrogens with zero attached hydrogens (tertiary/aromatic N) is 1. The Morgan fingerprint density at radius 2 is 1.26 bits per heavy atom. The molecule has 0 saturated heterocycles. The Kier molecular flexibility index (Phi) is 11.8. The number of carbonyl (C=O) groups excluding carboxylic acids is 2. The Morgan fingerprint density at radius 3 is 1.70 bits per heavy atom. The fourth-order valence-electron chi connectivity index (χ4n) is 3.65. The van der Waals surface area contributed by atoms with Crippen LogP contribution in [0.2, 0.25) is 0 Å². The number of fused-ring (bicyclic) bond motifs is 3. The number of imide groups is 1. The molecule has 0 saturated carbocycles. The van der Waals surface area contributed by atoms with Gasteiger partial charge in [0.25, 0.3) is 5.91 Å². The minimum absolute atomic E-state index is 0.0285. The van der Waals surface area contributed by atoms with Crippen LogP contribution in [0, 0.1) is 0 Å². The summed E-state index contributed by atoms with van der Waals surface area (Å²) < 4.78 is 56.3. The van der Waals surface area contributed by atoms with E-state index in [4.69, 9.17) is 20.1 Å². The van der Waals surface area contributed by atoms with E-state index in [0.717, 1.165) is 30.5 Å². The molecule has 0 bridgehead atoms. The number of hydrogen-bond donors (Lipinski definition) is 3. The highest BCUT2D eigenvalue weighted by molar-refractivity contribution is 7.89. The zero-order chi connectivity index (χ0) is 33.9. The van der Waals surface area contributed by atoms with Crippen LogP contribution < -0.4 is 10.3 Å². The van der Waals surface area contributed by atoms with Crippen LogP contribution in [0.1, 0.15) is 40.2 Å². The van der Waals surface area contributed by atoms with Crippen molar-refractivity contribution in [3.05, 3.63) is 67.2 Å². The van der Waals surface area contributed by atoms with Crippen molar-refractivity contribution < 1.29 is 36.3 Å². The van der Waals surface area contributed by atoms with E-state index in [1.807, 2.05) is 29.0 Å². The monoisotopic (exact) mass is 779 g/mol. The largest absolute Gasteiger partial charge is 0.443 e. The Bertz CT molecular complexity index is 2090. The zero-order valence-corrected chi connectivity index (χ0v) is 31.0. The Balaban J connectivity index is 0.000000170. The molecule has 0 atom stereocenters. The summed E-state index contributed by atoms with van der Waals surface area (Å²) in [7, 11) is -7.92. The minimum atomic E-state index is -4.59. The van der Waals surface area contributed by atoms with Crippen molar-refractivity contribution in [2.75, 3.05) is 5.75 Å². The molecule has 5 N–H and O–H groups in total. The Hall–Kier alpha value is -2.30. The summed E-state index contributed by atoms with van der Waals surface area (Å²) in [5.74, 6) is -0.994. The van der Waals surface area contributed by atoms with Crippen LogP contribution >= 0.6 is 68.0 Å². The molecule has 11 nitrogen and oxygen atoms in total. The highest BCUT2D eigenvalue weighted by Crippen LogP contribution is 2.32. The topological polar surface area (TPSA) is 187 Å². The number of nitrogens with two attached hydrogens (primary N) is 2. The molecule has 0 spiro atoms. The second kappa shape index (κ2) is 14.9. The molecule has 0 unspecified atom stereocenters. The number of carbonyl (C=O) groups is 2. The standard InChI is InChI=1S/C12H14N2O5S3.C8H9NO2S3.C7H6OS2/c1-12(2,3)19-11(16)14(22(13,17)18)10(15)9-6-8-7(21-9)4-5-20-8;9-14(10,11)4-2-6-5-8-7(13-6)1-3-12-8;8-4-5-3-7-6(10-5)1-2-9-7/h4-6H,1-3H3,(H2,13,17,18);1,3,5H,2,4H2,(H2,9,10,11);1-3,8H,4H2. The van der Waals surface area contributed by atoms with Crippen molar-refractivity contribution in [2.45, 2.75) is 39.4 Å². The second-order valence-electron chi connectivity index (χ2n) is 10.4. The number of aryl methyl sites for hydroxylation is 1. The molecule has 248 valence electrons. The lowest BCUT2D eigenvalue weighted by Gasteiger charge is -2.24. The van der Waals surface area contributed by atoms with E-state index in [0.29, 0.717) is 6.42 Å². The predicted octanol–water partition coefficient (Wildman–Crippen LogP) is 6.79. The van der Waals surface area contributed by atoms with Gasteiger partial charge < -0.3 is 9.84 Å². The van der Waals surface area contributed by atoms with E-state index in [9.17, 15) is 26.4 Å². The lowest BCUT2D eigenvalue weighted by atomic mass is 10.2. The first-order chi connectivity index (χ1) is 21.4. The summed E-state index contributed by atoms with van der Waals surface area (Å²) in [4.78, 5) is 26.6. The van der Waals surface area contributed by atoms with Crippen molar-refractivity contribution in [3.8, 4) is 0 Å². The third-order valence-electron chi connectivity index (χ3n) is 5.52. The first kappa shape index (κ1) is 36.5. The second-order valence-corrected chi connectivity index (χ2v) is 19.7. The molecule has 0 aromatic carbocycles. The number of primary sulfonamides is 1. The highest BCUT2D eigenvalue weighted by atomic mass is 32.2. The van der Waals surface area contributed by atoms with Gasteiger partial charge in [-0.15, -0.1) is 72.3 Å². The van der Waals surface area contributed by atoms with Gasteiger partial charge in [-0.3, -0.25) is 4.79 Å². The molecule has 6 aromatic heterocycles. The van der Waals surface area contributed by atoms with Crippen LogP contribution in [0.3, 0.4) is 0 Å². The molecule has 0 fully saturated rings. The van der Waals surface area contributed by atoms with Gasteiger partial charge in [0.05, 0.1) is 17.2 Å². The lowest BCUT2D eigenvalue weighted by molar-refractivity contribution is 0.0372. The van der Waals surface area contributed by atoms with Gasteiger partial charge in [-0.2, -0.15) is 8.42 Å². The molecule has 0 aliphatic heterocycles. The molecule has 0 aliphatic carbocycles. The van der Waals surface area contributed by atoms with Crippen molar-refractivity contribution in [3.63, 3.8) is 0 Å². The summed E-state index contributed by atoms with van der Waals surface area (Å²) in [5, 5.41) is 24.6. The number of aliphatic hydroxyl groups excluding tert-OH is 1. The number of thiophene rings is 6. The van der Waals surface area contributed by atoms with Gasteiger partial charge in [0.15, 0.2) is 0 Å². The van der Waals surface area contributed by atoms with E-state index in [-0.39, 0.29) is 21.5 Å². The van der Waals surface area contributed by atoms with E-state index in [2.05, 4.69) is 11.4 Å². The van der Waals surface area contributed by atoms with E-state index >= 15 is 0 Å². The predicted molar refractivity (Wildman–Crippen MR) is 192 cm³/mol. The molecule has 2 amide bonds. The van der Waals surface area contributed by atoms with E-state index < -0.39 is 37.8 Å². The minimum Gasteiger partial charge on any atom is -0.443 e. The highest BCUT2D eigenvalue weighted by Gasteiger charge is 2.36. The molecule has 6 aromatic rings. The average Bonchev–Trinajstić information content (AvgIpc) is 3.73. The molecule has 6 heterocycles. The van der Waals surface area contributed by atoms with Gasteiger partial charge in [-0.05, 0) is 79.7 Å². The SMILES string of the molecule is CC(C)(C)OC(=O)N(C(=O)c1cc2sccc2s1)S(N)(=O)=O.NS(=O)(=O)CCc1cc2sccc2s1.OCc1cc2sccc2s1. The van der Waals surface area contributed by atoms with E-state index in [1.165, 1.54) is 36.2 Å². The van der Waals surface area contributed by atoms with Crippen molar-refractivity contribution in [1.29, 1.82) is 0 Å². The van der Waals surface area contributed by atoms with Crippen LogP contribution in [0.15, 0.2) is 52.5 Å². The van der Waals surface area contributed by atoms with Crippen LogP contribution in [-0.2, 0) is 38.0 Å². The maximum atomic E-state index is 12.4. The molecule has 0 aliphatic rings. The first-order valence-electron chi connectivity index (χ1n) is 13.0. The molecular weight excluding hydrogens is 751 g/mol. The summed E-state index contributed by atoms with van der Waals surface area (Å²) in [6.07, 6.45) is -0.804. The van der Waals surface area contributed by atoms with Crippen LogP contribution in [-0.4, -0.2) is 49.6 Å². The fraction of sp³-hybridized carbons (Fsp3) is 0.259. The maximum Gasteiger partial charge on any atom is 0.432 e. The number of ether oxygens (including phenoxy) is 1. The first-order valence-corrected chi connectivity index (χ1v) is 21.3. The summed E-state index contributed by atoms with van der Waals surface area (Å²) in [5.41, 5.74) is -0.962. The van der Waals surface area contributed by atoms with Gasteiger partial charge >= 0.3 is 16.3 Å². The molecule has 19 heteroatoms. The van der Waals surface area contributed by atoms with Crippen molar-refractivity contribution >= 4 is 128 Å². The molecular formula is C27H29N3O8S8. The van der Waals surface area contributed by atoms with Gasteiger partial charge in [0.1, 0.15) is 5.60 Å². The average molecular weight is 780 g/mol. The van der Waals surface area contributed by atoms with Crippen molar-refractivity contribution in [1.82, 2.24) is 4.31 Å². The lowest BCUT2D eigenvalue weighted by Crippen LogP contribution is -2.47. The zero-order valence-electron chi connectivity index (χ0n) is 24.5. The van der Waals surface area contributed by atoms with Crippen LogP contribution in [0.5, 0.6) is 0 Å². The molecule has 46 heavy (non-hydrogen) atoms. The normalized spacial score (nSPS) is 12.0. The quantitative estimate of drug-likeness (QED) is 0.165. The van der Waals surface area contributed by atoms with Crippen molar-refractivity contribution in [2.24, 2.45) is 10.3 Å². The molecule has 0 radical (unpaired) electrons. The number of rotatable bonds is 6. The fourth-order valence-corrected chi connectivity index (χ4v) is 11.1. The number of aliphatic hydroxyl groups is 1. The number of hydrogen-bond acceptors (Lipinski definition) is 14. The van der Waals surface area contributed by atoms with Gasteiger partial charge in [-0.1, -0.05) is 0 Å². The number of amides is 2. The van der Waals surface area contributed by atoms with Gasteiger partial charge in [0.2, 0.25) is 10.0 Å². The number of sulfonamides is 1. The Morgan fingerprint density at radius 1 is 0.783 bits per heavy atom. The smallest absolute Gasteiger partial charge is 0.432 e. The van der Waals surface area contributed by atoms with Gasteiger partial charge in [0, 0.05) is 38.0 Å².